The van der Waals surface area contributed by atoms with Gasteiger partial charge >= 0.3 is 0 Å². The summed E-state index contributed by atoms with van der Waals surface area (Å²) in [7, 11) is 0. The largest absolute Gasteiger partial charge is 0.347 e. The average molecular weight is 262 g/mol. The van der Waals surface area contributed by atoms with E-state index in [4.69, 9.17) is 0 Å². The van der Waals surface area contributed by atoms with Crippen molar-refractivity contribution in [2.24, 2.45) is 5.41 Å². The molecule has 0 aliphatic rings. The van der Waals surface area contributed by atoms with Gasteiger partial charge in [0.2, 0.25) is 11.8 Å². The molecule has 2 N–H and O–H groups in total. The first-order chi connectivity index (χ1) is 8.76. The van der Waals surface area contributed by atoms with Crippen LogP contribution < -0.4 is 10.6 Å². The highest BCUT2D eigenvalue weighted by Gasteiger charge is 2.16. The number of carbonyl (C=O) groups is 2. The molecule has 0 saturated heterocycles. The summed E-state index contributed by atoms with van der Waals surface area (Å²) < 4.78 is 0. The number of hydrogen-bond acceptors (Lipinski definition) is 2. The van der Waals surface area contributed by atoms with E-state index in [0.29, 0.717) is 6.42 Å². The first kappa shape index (κ1) is 15.2. The normalized spacial score (nSPS) is 10.9. The van der Waals surface area contributed by atoms with Crippen LogP contribution in [0, 0.1) is 12.3 Å². The maximum Gasteiger partial charge on any atom is 0.243 e. The molecule has 2 amide bonds. The van der Waals surface area contributed by atoms with Crippen molar-refractivity contribution in [3.05, 3.63) is 29.8 Å². The van der Waals surface area contributed by atoms with E-state index in [2.05, 4.69) is 10.6 Å². The Labute approximate surface area is 114 Å². The maximum atomic E-state index is 11.7. The smallest absolute Gasteiger partial charge is 0.243 e. The van der Waals surface area contributed by atoms with Gasteiger partial charge < -0.3 is 10.6 Å². The van der Waals surface area contributed by atoms with Gasteiger partial charge in [0.05, 0.1) is 6.54 Å². The Hall–Kier alpha value is -1.84. The molecule has 0 unspecified atom stereocenters. The summed E-state index contributed by atoms with van der Waals surface area (Å²) in [6.45, 7) is 7.92. The molecule has 1 aromatic rings. The molecule has 104 valence electrons. The summed E-state index contributed by atoms with van der Waals surface area (Å²) in [6.07, 6.45) is 0.407. The number of aryl methyl sites for hydroxylation is 1. The highest BCUT2D eigenvalue weighted by molar-refractivity contribution is 5.94. The van der Waals surface area contributed by atoms with Crippen LogP contribution in [0.3, 0.4) is 0 Å². The van der Waals surface area contributed by atoms with Crippen molar-refractivity contribution in [2.45, 2.75) is 34.1 Å². The van der Waals surface area contributed by atoms with Gasteiger partial charge in [-0.25, -0.2) is 0 Å². The lowest BCUT2D eigenvalue weighted by atomic mass is 9.92. The van der Waals surface area contributed by atoms with Crippen LogP contribution in [0.15, 0.2) is 24.3 Å². The Balaban J connectivity index is 2.38. The van der Waals surface area contributed by atoms with Gasteiger partial charge in [-0.1, -0.05) is 32.9 Å². The van der Waals surface area contributed by atoms with Crippen LogP contribution in [0.4, 0.5) is 5.69 Å². The summed E-state index contributed by atoms with van der Waals surface area (Å²) in [4.78, 5) is 23.2. The second kappa shape index (κ2) is 6.36. The Morgan fingerprint density at radius 1 is 1.16 bits per heavy atom. The van der Waals surface area contributed by atoms with E-state index in [1.165, 1.54) is 0 Å². The number of anilines is 1. The van der Waals surface area contributed by atoms with Crippen LogP contribution in [0.5, 0.6) is 0 Å². The Morgan fingerprint density at radius 2 is 1.84 bits per heavy atom. The topological polar surface area (TPSA) is 58.2 Å². The van der Waals surface area contributed by atoms with Crippen LogP contribution >= 0.6 is 0 Å². The van der Waals surface area contributed by atoms with E-state index in [1.54, 1.807) is 0 Å². The molecule has 4 nitrogen and oxygen atoms in total. The van der Waals surface area contributed by atoms with Crippen molar-refractivity contribution >= 4 is 17.5 Å². The molecular weight excluding hydrogens is 240 g/mol. The van der Waals surface area contributed by atoms with Gasteiger partial charge in [-0.15, -0.1) is 0 Å². The number of rotatable bonds is 4. The maximum absolute atomic E-state index is 11.7. The lowest BCUT2D eigenvalue weighted by Gasteiger charge is -2.17. The van der Waals surface area contributed by atoms with E-state index in [-0.39, 0.29) is 23.8 Å². The zero-order valence-corrected chi connectivity index (χ0v) is 12.0. The van der Waals surface area contributed by atoms with Crippen LogP contribution in [-0.2, 0) is 9.59 Å². The fraction of sp³-hybridized carbons (Fsp3) is 0.467. The van der Waals surface area contributed by atoms with E-state index >= 15 is 0 Å². The standard InChI is InChI=1S/C15H22N2O2/c1-11-6-5-7-12(8-11)17-14(19)10-16-13(18)9-15(2,3)4/h5-8H,9-10H2,1-4H3,(H,16,18)(H,17,19). The van der Waals surface area contributed by atoms with Gasteiger partial charge in [-0.05, 0) is 30.0 Å². The van der Waals surface area contributed by atoms with Gasteiger partial charge in [0.1, 0.15) is 0 Å². The third-order valence-electron chi connectivity index (χ3n) is 2.44. The Morgan fingerprint density at radius 3 is 2.42 bits per heavy atom. The van der Waals surface area contributed by atoms with Gasteiger partial charge in [-0.2, -0.15) is 0 Å². The van der Waals surface area contributed by atoms with Crippen molar-refractivity contribution < 1.29 is 9.59 Å². The quantitative estimate of drug-likeness (QED) is 0.875. The van der Waals surface area contributed by atoms with Gasteiger partial charge in [-0.3, -0.25) is 9.59 Å². The van der Waals surface area contributed by atoms with E-state index in [0.717, 1.165) is 11.3 Å². The lowest BCUT2D eigenvalue weighted by molar-refractivity contribution is -0.125. The van der Waals surface area contributed by atoms with Gasteiger partial charge in [0, 0.05) is 12.1 Å². The SMILES string of the molecule is Cc1cccc(NC(=O)CNC(=O)CC(C)(C)C)c1. The van der Waals surface area contributed by atoms with Crippen LogP contribution in [0.2, 0.25) is 0 Å². The minimum Gasteiger partial charge on any atom is -0.347 e. The summed E-state index contributed by atoms with van der Waals surface area (Å²) in [5, 5.41) is 5.37. The van der Waals surface area contributed by atoms with Crippen molar-refractivity contribution in [3.8, 4) is 0 Å². The first-order valence-corrected chi connectivity index (χ1v) is 6.39. The summed E-state index contributed by atoms with van der Waals surface area (Å²) >= 11 is 0. The summed E-state index contributed by atoms with van der Waals surface area (Å²) in [6, 6.07) is 7.54. The van der Waals surface area contributed by atoms with Gasteiger partial charge in [0.25, 0.3) is 0 Å². The molecule has 0 radical (unpaired) electrons. The minimum atomic E-state index is -0.215. The third kappa shape index (κ3) is 6.60. The Bertz CT molecular complexity index is 461. The van der Waals surface area contributed by atoms with Crippen molar-refractivity contribution in [1.82, 2.24) is 5.32 Å². The molecule has 0 fully saturated rings. The molecule has 0 saturated carbocycles. The van der Waals surface area contributed by atoms with Crippen LogP contribution in [0.25, 0.3) is 0 Å². The summed E-state index contributed by atoms with van der Waals surface area (Å²) in [5.74, 6) is -0.320. The molecule has 0 bridgehead atoms. The average Bonchev–Trinajstić information content (AvgIpc) is 2.24. The van der Waals surface area contributed by atoms with Crippen LogP contribution in [0.1, 0.15) is 32.8 Å². The second-order valence-electron chi connectivity index (χ2n) is 5.93. The zero-order valence-electron chi connectivity index (χ0n) is 12.0. The molecule has 0 spiro atoms. The van der Waals surface area contributed by atoms with Crippen molar-refractivity contribution in [2.75, 3.05) is 11.9 Å². The molecular formula is C15H22N2O2. The Kier molecular flexibility index (Phi) is 5.10. The predicted molar refractivity (Wildman–Crippen MR) is 76.9 cm³/mol. The van der Waals surface area contributed by atoms with Crippen molar-refractivity contribution in [3.63, 3.8) is 0 Å². The van der Waals surface area contributed by atoms with Crippen LogP contribution in [-0.4, -0.2) is 18.4 Å². The number of carbonyl (C=O) groups excluding carboxylic acids is 2. The highest BCUT2D eigenvalue weighted by Crippen LogP contribution is 2.17. The molecule has 0 aromatic heterocycles. The molecule has 4 heteroatoms. The fourth-order valence-corrected chi connectivity index (χ4v) is 1.65. The number of benzene rings is 1. The molecule has 1 aromatic carbocycles. The molecule has 0 atom stereocenters. The van der Waals surface area contributed by atoms with E-state index in [1.807, 2.05) is 52.0 Å². The number of nitrogens with one attached hydrogen (secondary N) is 2. The predicted octanol–water partition coefficient (Wildman–Crippen LogP) is 2.49. The molecule has 0 heterocycles. The first-order valence-electron chi connectivity index (χ1n) is 6.39. The van der Waals surface area contributed by atoms with E-state index in [9.17, 15) is 9.59 Å². The second-order valence-corrected chi connectivity index (χ2v) is 5.93. The number of hydrogen-bond donors (Lipinski definition) is 2. The molecule has 19 heavy (non-hydrogen) atoms. The zero-order chi connectivity index (χ0) is 14.5. The minimum absolute atomic E-state index is 0.00283. The van der Waals surface area contributed by atoms with Gasteiger partial charge in [0.15, 0.2) is 0 Å². The monoisotopic (exact) mass is 262 g/mol. The highest BCUT2D eigenvalue weighted by atomic mass is 16.2. The third-order valence-corrected chi connectivity index (χ3v) is 2.44. The van der Waals surface area contributed by atoms with Crippen molar-refractivity contribution in [1.29, 1.82) is 0 Å². The fourth-order valence-electron chi connectivity index (χ4n) is 1.65. The molecule has 0 aliphatic carbocycles. The van der Waals surface area contributed by atoms with E-state index < -0.39 is 0 Å². The molecule has 1 rings (SSSR count). The lowest BCUT2D eigenvalue weighted by Crippen LogP contribution is -2.34. The number of amides is 2. The molecule has 0 aliphatic heterocycles. The summed E-state index contributed by atoms with van der Waals surface area (Å²) in [5.41, 5.74) is 1.75.